The summed E-state index contributed by atoms with van der Waals surface area (Å²) < 4.78 is 48.1. The van der Waals surface area contributed by atoms with Gasteiger partial charge in [0.05, 0.1) is 13.5 Å². The van der Waals surface area contributed by atoms with Crippen molar-refractivity contribution in [2.24, 2.45) is 0 Å². The minimum Gasteiger partial charge on any atom is -1.00 e. The van der Waals surface area contributed by atoms with E-state index in [2.05, 4.69) is 26.0 Å². The van der Waals surface area contributed by atoms with Gasteiger partial charge in [-0.3, -0.25) is 10.1 Å². The maximum absolute atomic E-state index is 12.8. The van der Waals surface area contributed by atoms with Crippen molar-refractivity contribution in [2.75, 3.05) is 34.1 Å². The molecule has 0 saturated carbocycles. The van der Waals surface area contributed by atoms with Crippen molar-refractivity contribution in [3.8, 4) is 0 Å². The van der Waals surface area contributed by atoms with Gasteiger partial charge in [0.2, 0.25) is 0 Å². The van der Waals surface area contributed by atoms with Gasteiger partial charge in [0.15, 0.2) is 0 Å². The van der Waals surface area contributed by atoms with Gasteiger partial charge in [0.25, 0.3) is 0 Å². The molecule has 6 N–H and O–H groups in total. The molecule has 0 spiro atoms. The molecule has 6 aromatic rings. The Morgan fingerprint density at radius 2 is 0.850 bits per heavy atom. The maximum atomic E-state index is 12.8. The number of nitrogens with one attached hydrogen (secondary N) is 4. The Morgan fingerprint density at radius 3 is 1.20 bits per heavy atom. The molecule has 0 atom stereocenters. The molecular weight excluding hydrogens is 795 g/mol. The molecule has 1 amide bonds. The first-order valence-electron chi connectivity index (χ1n) is 18.8. The summed E-state index contributed by atoms with van der Waals surface area (Å²) in [7, 11) is 1.38. The van der Waals surface area contributed by atoms with Crippen LogP contribution < -0.4 is 78.4 Å². The van der Waals surface area contributed by atoms with E-state index in [1.165, 1.54) is 43.5 Å². The quantitative estimate of drug-likeness (QED) is 0.0476. The summed E-state index contributed by atoms with van der Waals surface area (Å²) in [6.45, 7) is 7.33. The van der Waals surface area contributed by atoms with Gasteiger partial charge in [-0.05, 0) is 140 Å². The molecule has 9 nitrogen and oxygen atoms in total. The summed E-state index contributed by atoms with van der Waals surface area (Å²) in [6, 6.07) is 41.5. The predicted octanol–water partition coefficient (Wildman–Crippen LogP) is 8.07. The van der Waals surface area contributed by atoms with Crippen LogP contribution in [0.25, 0.3) is 0 Å². The zero-order chi connectivity index (χ0) is 42.6. The van der Waals surface area contributed by atoms with Crippen LogP contribution in [0.15, 0.2) is 146 Å². The number of hydrogen-bond acceptors (Lipinski definition) is 8. The molecule has 0 unspecified atom stereocenters. The van der Waals surface area contributed by atoms with E-state index in [1.54, 1.807) is 48.5 Å². The molecule has 6 aromatic carbocycles. The smallest absolute Gasteiger partial charge is 1.00 e. The van der Waals surface area contributed by atoms with Crippen molar-refractivity contribution in [1.82, 2.24) is 0 Å². The fourth-order valence-corrected chi connectivity index (χ4v) is 5.09. The van der Waals surface area contributed by atoms with Crippen molar-refractivity contribution in [3.63, 3.8) is 0 Å². The summed E-state index contributed by atoms with van der Waals surface area (Å²) in [5.41, 5.74) is 13.2. The van der Waals surface area contributed by atoms with Gasteiger partial charge < -0.3 is 32.6 Å². The number of nitrogen functional groups attached to an aromatic ring is 1. The summed E-state index contributed by atoms with van der Waals surface area (Å²) in [6.07, 6.45) is -0.209. The average Bonchev–Trinajstić information content (AvgIpc) is 3.21. The number of carbonyl (C=O) groups is 2. The fourth-order valence-electron chi connectivity index (χ4n) is 5.09. The van der Waals surface area contributed by atoms with Gasteiger partial charge in [-0.25, -0.2) is 18.0 Å². The van der Waals surface area contributed by atoms with Crippen molar-refractivity contribution in [1.29, 1.82) is 0 Å². The topological polar surface area (TPSA) is 127 Å². The van der Waals surface area contributed by atoms with Crippen molar-refractivity contribution < 1.29 is 85.0 Å². The van der Waals surface area contributed by atoms with Crippen LogP contribution in [-0.4, -0.2) is 24.8 Å². The Kier molecular flexibility index (Phi) is 20.7. The van der Waals surface area contributed by atoms with Crippen molar-refractivity contribution in [3.05, 3.63) is 185 Å². The van der Waals surface area contributed by atoms with Gasteiger partial charge in [-0.1, -0.05) is 48.5 Å². The van der Waals surface area contributed by atoms with Crippen LogP contribution >= 0.6 is 0 Å². The summed E-state index contributed by atoms with van der Waals surface area (Å²) in [5, 5.41) is 12.4. The summed E-state index contributed by atoms with van der Waals surface area (Å²) in [4.78, 5) is 22.8. The SMILES string of the molecule is CC(C)(C)OC(=O)Nc1ccc(NCc2ccc(F)cc2)cc1.COC(=O)Cc1ccc(NCc2ccc(F)cc2)cc1.Nc1ccc(NCc2ccc(F)cc2)cc1.[H-].[K+]. The maximum Gasteiger partial charge on any atom is 1.00 e. The number of halogens is 3. The molecule has 0 aliphatic rings. The number of anilines is 5. The van der Waals surface area contributed by atoms with E-state index < -0.39 is 11.7 Å². The monoisotopic (exact) mass is 845 g/mol. The molecule has 0 aliphatic heterocycles. The number of rotatable bonds is 12. The van der Waals surface area contributed by atoms with Gasteiger partial charge in [0.1, 0.15) is 23.1 Å². The first-order valence-corrected chi connectivity index (χ1v) is 18.8. The Bertz CT molecular complexity index is 2130. The predicted molar refractivity (Wildman–Crippen MR) is 232 cm³/mol. The number of amides is 1. The molecule has 0 saturated heterocycles. The zero-order valence-corrected chi connectivity index (χ0v) is 37.7. The molecule has 0 bridgehead atoms. The zero-order valence-electron chi connectivity index (χ0n) is 35.5. The number of benzene rings is 6. The molecule has 13 heteroatoms. The standard InChI is InChI=1S/C18H21FN2O2.C16H16FNO2.C13H13FN2.K.H/c1-18(2,3)23-17(22)21-16-10-8-15(9-11-16)20-12-13-4-6-14(19)7-5-13;1-20-16(19)10-12-4-8-15(9-5-12)18-11-13-2-6-14(17)7-3-13;14-11-3-1-10(2-4-11)9-16-13-7-5-12(15)6-8-13;;/h4-11,20H,12H2,1-3H3,(H,21,22);2-9,18H,10-11H2,1H3;1-8,16H,9,15H2;;/q;;;+1;-1. The van der Waals surface area contributed by atoms with Crippen molar-refractivity contribution in [2.45, 2.75) is 52.4 Å². The van der Waals surface area contributed by atoms with E-state index >= 15 is 0 Å². The first kappa shape index (κ1) is 49.1. The second kappa shape index (κ2) is 25.3. The number of nitrogens with two attached hydrogens (primary N) is 1. The molecule has 0 aliphatic carbocycles. The molecule has 0 fully saturated rings. The molecule has 0 heterocycles. The van der Waals surface area contributed by atoms with Crippen LogP contribution in [0.5, 0.6) is 0 Å². The number of hydrogen-bond donors (Lipinski definition) is 5. The number of ether oxygens (including phenoxy) is 2. The minimum absolute atomic E-state index is 0. The number of esters is 1. The Morgan fingerprint density at radius 1 is 0.533 bits per heavy atom. The third kappa shape index (κ3) is 19.6. The van der Waals surface area contributed by atoms with E-state index in [0.717, 1.165) is 45.0 Å². The Labute approximate surface area is 394 Å². The van der Waals surface area contributed by atoms with E-state index in [9.17, 15) is 22.8 Å². The summed E-state index contributed by atoms with van der Waals surface area (Å²) in [5.74, 6) is -0.944. The third-order valence-corrected chi connectivity index (χ3v) is 8.20. The van der Waals surface area contributed by atoms with Gasteiger partial charge in [-0.2, -0.15) is 0 Å². The Hall–Kier alpha value is -5.31. The van der Waals surface area contributed by atoms with Crippen LogP contribution in [0.2, 0.25) is 0 Å². The van der Waals surface area contributed by atoms with Crippen LogP contribution in [0.4, 0.5) is 46.4 Å². The molecule has 60 heavy (non-hydrogen) atoms. The third-order valence-electron chi connectivity index (χ3n) is 8.20. The van der Waals surface area contributed by atoms with E-state index in [0.29, 0.717) is 25.3 Å². The minimum atomic E-state index is -0.527. The average molecular weight is 846 g/mol. The van der Waals surface area contributed by atoms with E-state index in [4.69, 9.17) is 10.5 Å². The van der Waals surface area contributed by atoms with Crippen LogP contribution in [0.1, 0.15) is 44.5 Å². The van der Waals surface area contributed by atoms with Crippen LogP contribution in [-0.2, 0) is 40.3 Å². The number of carbonyl (C=O) groups excluding carboxylic acids is 2. The van der Waals surface area contributed by atoms with Crippen LogP contribution in [0.3, 0.4) is 0 Å². The van der Waals surface area contributed by atoms with Gasteiger partial charge >= 0.3 is 63.4 Å². The molecule has 0 radical (unpaired) electrons. The molecule has 6 rings (SSSR count). The molecule has 0 aromatic heterocycles. The first-order chi connectivity index (χ1) is 28.2. The normalized spacial score (nSPS) is 10.2. The summed E-state index contributed by atoms with van der Waals surface area (Å²) >= 11 is 0. The van der Waals surface area contributed by atoms with Gasteiger partial charge in [0, 0.05) is 48.1 Å². The Balaban J connectivity index is 0.000000314. The largest absolute Gasteiger partial charge is 1.00 e. The van der Waals surface area contributed by atoms with E-state index in [-0.39, 0.29) is 82.7 Å². The van der Waals surface area contributed by atoms with Crippen molar-refractivity contribution >= 4 is 40.5 Å². The van der Waals surface area contributed by atoms with Gasteiger partial charge in [-0.15, -0.1) is 0 Å². The number of methoxy groups -OCH3 is 1. The van der Waals surface area contributed by atoms with E-state index in [1.807, 2.05) is 81.4 Å². The second-order valence-corrected chi connectivity index (χ2v) is 14.2. The molecular formula is C47H51F3KN5O4. The fraction of sp³-hybridized carbons (Fsp3) is 0.191. The van der Waals surface area contributed by atoms with Crippen LogP contribution in [0, 0.1) is 17.5 Å². The molecule has 310 valence electrons. The second-order valence-electron chi connectivity index (χ2n) is 14.2.